The van der Waals surface area contributed by atoms with Gasteiger partial charge in [-0.1, -0.05) is 18.2 Å². The van der Waals surface area contributed by atoms with Gasteiger partial charge in [-0.3, -0.25) is 9.59 Å². The van der Waals surface area contributed by atoms with Crippen molar-refractivity contribution in [2.24, 2.45) is 0 Å². The van der Waals surface area contributed by atoms with Crippen LogP contribution in [0.15, 0.2) is 47.4 Å². The molecule has 1 atom stereocenters. The molecule has 0 saturated carbocycles. The van der Waals surface area contributed by atoms with Crippen LogP contribution in [0.4, 0.5) is 24.5 Å². The lowest BCUT2D eigenvalue weighted by atomic mass is 10.1. The van der Waals surface area contributed by atoms with Crippen molar-refractivity contribution in [3.05, 3.63) is 53.6 Å². The third kappa shape index (κ3) is 4.87. The molecular weight excluding hydrogens is 439 g/mol. The van der Waals surface area contributed by atoms with Gasteiger partial charge in [-0.25, -0.2) is 0 Å². The van der Waals surface area contributed by atoms with Crippen LogP contribution in [0.1, 0.15) is 30.4 Å². The molecule has 0 bridgehead atoms. The first-order valence-corrected chi connectivity index (χ1v) is 11.4. The van der Waals surface area contributed by atoms with E-state index in [0.717, 1.165) is 61.1 Å². The quantitative estimate of drug-likeness (QED) is 0.694. The zero-order valence-electron chi connectivity index (χ0n) is 17.6. The summed E-state index contributed by atoms with van der Waals surface area (Å²) < 4.78 is 38.8. The van der Waals surface area contributed by atoms with Gasteiger partial charge in [0, 0.05) is 43.7 Å². The zero-order valence-corrected chi connectivity index (χ0v) is 18.4. The Labute approximate surface area is 189 Å². The van der Waals surface area contributed by atoms with Gasteiger partial charge in [0.25, 0.3) is 0 Å². The minimum atomic E-state index is -4.48. The van der Waals surface area contributed by atoms with E-state index in [0.29, 0.717) is 11.4 Å². The van der Waals surface area contributed by atoms with E-state index < -0.39 is 22.9 Å². The summed E-state index contributed by atoms with van der Waals surface area (Å²) in [5.41, 5.74) is 1.49. The Morgan fingerprint density at radius 2 is 1.91 bits per heavy atom. The van der Waals surface area contributed by atoms with E-state index in [1.165, 1.54) is 6.07 Å². The number of fused-ring (bicyclic) bond motifs is 1. The topological polar surface area (TPSA) is 52.6 Å². The molecule has 5 nitrogen and oxygen atoms in total. The number of rotatable bonds is 5. The van der Waals surface area contributed by atoms with Gasteiger partial charge < -0.3 is 15.1 Å². The van der Waals surface area contributed by atoms with Crippen LogP contribution in [0.2, 0.25) is 0 Å². The van der Waals surface area contributed by atoms with Crippen molar-refractivity contribution in [2.45, 2.75) is 42.1 Å². The molecular formula is C23H24F3N3O2S. The second-order valence-corrected chi connectivity index (χ2v) is 9.33. The molecule has 1 saturated heterocycles. The van der Waals surface area contributed by atoms with Crippen LogP contribution >= 0.6 is 11.8 Å². The summed E-state index contributed by atoms with van der Waals surface area (Å²) >= 11 is 1.12. The number of carbonyl (C=O) groups is 2. The number of thioether (sulfide) groups is 1. The second-order valence-electron chi connectivity index (χ2n) is 8.08. The average molecular weight is 464 g/mol. The highest BCUT2D eigenvalue weighted by molar-refractivity contribution is 8.01. The van der Waals surface area contributed by atoms with Crippen LogP contribution in [0.5, 0.6) is 0 Å². The van der Waals surface area contributed by atoms with Gasteiger partial charge in [-0.2, -0.15) is 13.2 Å². The van der Waals surface area contributed by atoms with Crippen LogP contribution in [-0.2, 0) is 22.3 Å². The van der Waals surface area contributed by atoms with E-state index in [1.54, 1.807) is 11.9 Å². The fourth-order valence-electron chi connectivity index (χ4n) is 4.03. The van der Waals surface area contributed by atoms with Crippen LogP contribution in [0, 0.1) is 0 Å². The molecule has 0 aromatic heterocycles. The minimum Gasteiger partial charge on any atom is -0.371 e. The Hall–Kier alpha value is -2.68. The van der Waals surface area contributed by atoms with Gasteiger partial charge in [-0.15, -0.1) is 11.8 Å². The molecule has 4 rings (SSSR count). The normalized spacial score (nSPS) is 18.3. The largest absolute Gasteiger partial charge is 0.416 e. The lowest BCUT2D eigenvalue weighted by molar-refractivity contribution is -0.137. The van der Waals surface area contributed by atoms with E-state index >= 15 is 0 Å². The predicted molar refractivity (Wildman–Crippen MR) is 119 cm³/mol. The maximum Gasteiger partial charge on any atom is 0.416 e. The van der Waals surface area contributed by atoms with Gasteiger partial charge in [0.15, 0.2) is 0 Å². The van der Waals surface area contributed by atoms with Gasteiger partial charge in [0.05, 0.1) is 16.5 Å². The van der Waals surface area contributed by atoms with Crippen molar-refractivity contribution in [1.82, 2.24) is 4.90 Å². The third-order valence-corrected chi connectivity index (χ3v) is 7.03. The van der Waals surface area contributed by atoms with E-state index in [4.69, 9.17) is 0 Å². The van der Waals surface area contributed by atoms with Crippen molar-refractivity contribution in [1.29, 1.82) is 0 Å². The number of anilines is 2. The monoisotopic (exact) mass is 463 g/mol. The minimum absolute atomic E-state index is 0.0284. The summed E-state index contributed by atoms with van der Waals surface area (Å²) in [6.07, 6.45) is -2.20. The summed E-state index contributed by atoms with van der Waals surface area (Å²) in [6.45, 7) is 2.43. The first-order chi connectivity index (χ1) is 15.2. The molecule has 2 aromatic rings. The van der Waals surface area contributed by atoms with Crippen molar-refractivity contribution in [2.75, 3.05) is 30.4 Å². The molecule has 2 amide bonds. The fraction of sp³-hybridized carbons (Fsp3) is 0.391. The first kappa shape index (κ1) is 22.5. The van der Waals surface area contributed by atoms with Gasteiger partial charge in [0.1, 0.15) is 0 Å². The number of nitrogens with one attached hydrogen (secondary N) is 1. The molecule has 170 valence electrons. The van der Waals surface area contributed by atoms with Crippen LogP contribution in [0.25, 0.3) is 0 Å². The molecule has 0 spiro atoms. The number of hydrogen-bond acceptors (Lipinski definition) is 4. The number of nitrogens with zero attached hydrogens (tertiary/aromatic N) is 2. The third-order valence-electron chi connectivity index (χ3n) is 5.76. The molecule has 1 fully saturated rings. The Balaban J connectivity index is 1.42. The smallest absolute Gasteiger partial charge is 0.371 e. The fourth-order valence-corrected chi connectivity index (χ4v) is 5.11. The second kappa shape index (κ2) is 9.05. The molecule has 2 aliphatic rings. The lowest BCUT2D eigenvalue weighted by Gasteiger charge is -2.27. The molecule has 2 aliphatic heterocycles. The molecule has 9 heteroatoms. The van der Waals surface area contributed by atoms with Crippen molar-refractivity contribution in [3.63, 3.8) is 0 Å². The molecule has 0 radical (unpaired) electrons. The van der Waals surface area contributed by atoms with E-state index in [1.807, 2.05) is 18.2 Å². The number of amides is 2. The summed E-state index contributed by atoms with van der Waals surface area (Å²) in [5, 5.41) is 1.83. The van der Waals surface area contributed by atoms with Crippen molar-refractivity contribution < 1.29 is 22.8 Å². The highest BCUT2D eigenvalue weighted by Gasteiger charge is 2.34. The SMILES string of the molecule is CN(Cc1ccccc1N1CCCC1)C(=O)CC1Sc2ccc(C(F)(F)F)cc2NC1=O. The highest BCUT2D eigenvalue weighted by Crippen LogP contribution is 2.40. The van der Waals surface area contributed by atoms with Gasteiger partial charge >= 0.3 is 6.18 Å². The highest BCUT2D eigenvalue weighted by atomic mass is 32.2. The van der Waals surface area contributed by atoms with Crippen molar-refractivity contribution in [3.8, 4) is 0 Å². The van der Waals surface area contributed by atoms with Gasteiger partial charge in [0.2, 0.25) is 11.8 Å². The number of benzene rings is 2. The maximum absolute atomic E-state index is 12.9. The average Bonchev–Trinajstić information content (AvgIpc) is 3.28. The molecule has 1 unspecified atom stereocenters. The van der Waals surface area contributed by atoms with Gasteiger partial charge in [-0.05, 0) is 42.7 Å². The van der Waals surface area contributed by atoms with E-state index in [-0.39, 0.29) is 18.0 Å². The summed E-state index contributed by atoms with van der Waals surface area (Å²) in [7, 11) is 1.71. The van der Waals surface area contributed by atoms with Crippen LogP contribution < -0.4 is 10.2 Å². The van der Waals surface area contributed by atoms with E-state index in [9.17, 15) is 22.8 Å². The van der Waals surface area contributed by atoms with E-state index in [2.05, 4.69) is 16.3 Å². The van der Waals surface area contributed by atoms with Crippen LogP contribution in [0.3, 0.4) is 0 Å². The maximum atomic E-state index is 12.9. The molecule has 2 aromatic carbocycles. The van der Waals surface area contributed by atoms with Crippen molar-refractivity contribution >= 4 is 35.0 Å². The first-order valence-electron chi connectivity index (χ1n) is 10.5. The summed E-state index contributed by atoms with van der Waals surface area (Å²) in [4.78, 5) is 29.8. The Kier molecular flexibility index (Phi) is 6.37. The zero-order chi connectivity index (χ0) is 22.9. The lowest BCUT2D eigenvalue weighted by Crippen LogP contribution is -2.36. The predicted octanol–water partition coefficient (Wildman–Crippen LogP) is 4.77. The number of para-hydroxylation sites is 1. The molecule has 32 heavy (non-hydrogen) atoms. The number of hydrogen-bond donors (Lipinski definition) is 1. The Bertz CT molecular complexity index is 1020. The Morgan fingerprint density at radius 3 is 2.62 bits per heavy atom. The molecule has 2 heterocycles. The summed E-state index contributed by atoms with van der Waals surface area (Å²) in [6, 6.07) is 11.3. The number of halogens is 3. The summed E-state index contributed by atoms with van der Waals surface area (Å²) in [5.74, 6) is -0.648. The molecule has 0 aliphatic carbocycles. The number of carbonyl (C=O) groups excluding carboxylic acids is 2. The number of alkyl halides is 3. The standard InChI is InChI=1S/C23H24F3N3O2S/c1-28(14-15-6-2-3-7-18(15)29-10-4-5-11-29)21(30)13-20-22(31)27-17-12-16(23(24,25)26)8-9-19(17)32-20/h2-3,6-9,12,20H,4-5,10-11,13-14H2,1H3,(H,27,31). The van der Waals surface area contributed by atoms with Crippen LogP contribution in [-0.4, -0.2) is 42.1 Å². The molecule has 1 N–H and O–H groups in total. The Morgan fingerprint density at radius 1 is 1.19 bits per heavy atom.